The molecule has 2 heterocycles. The van der Waals surface area contributed by atoms with E-state index in [0.29, 0.717) is 17.3 Å². The molecule has 2 aromatic heterocycles. The molecule has 5 nitrogen and oxygen atoms in total. The fourth-order valence-electron chi connectivity index (χ4n) is 2.10. The molecule has 0 unspecified atom stereocenters. The zero-order valence-corrected chi connectivity index (χ0v) is 12.5. The molecule has 0 aliphatic heterocycles. The van der Waals surface area contributed by atoms with Gasteiger partial charge in [-0.3, -0.25) is 14.0 Å². The van der Waals surface area contributed by atoms with Gasteiger partial charge >= 0.3 is 5.97 Å². The second-order valence-corrected chi connectivity index (χ2v) is 6.00. The smallest absolute Gasteiger partial charge is 0.309 e. The van der Waals surface area contributed by atoms with Crippen molar-refractivity contribution >= 4 is 27.5 Å². The highest BCUT2D eigenvalue weighted by atomic mass is 79.9. The van der Waals surface area contributed by atoms with Crippen molar-refractivity contribution in [1.82, 2.24) is 9.38 Å². The SMILES string of the molecule is C[C@@H]1C[C@H]1C(=O)OCc1cc(=O)n2cc(Br)ccc2n1. The van der Waals surface area contributed by atoms with Crippen LogP contribution >= 0.6 is 15.9 Å². The number of rotatable bonds is 3. The maximum Gasteiger partial charge on any atom is 0.309 e. The molecular weight excluding hydrogens is 324 g/mol. The van der Waals surface area contributed by atoms with Crippen molar-refractivity contribution in [3.8, 4) is 0 Å². The fourth-order valence-corrected chi connectivity index (χ4v) is 2.44. The molecule has 6 heteroatoms. The maximum absolute atomic E-state index is 12.0. The van der Waals surface area contributed by atoms with Gasteiger partial charge in [-0.25, -0.2) is 4.98 Å². The molecule has 1 saturated carbocycles. The van der Waals surface area contributed by atoms with E-state index in [4.69, 9.17) is 4.74 Å². The standard InChI is InChI=1S/C14H13BrN2O3/c1-8-4-11(8)14(19)20-7-10-5-13(18)17-6-9(15)2-3-12(17)16-10/h2-3,5-6,8,11H,4,7H2,1H3/t8-,11-/m1/s1. The number of carbonyl (C=O) groups excluding carboxylic acids is 1. The number of hydrogen-bond acceptors (Lipinski definition) is 4. The van der Waals surface area contributed by atoms with Gasteiger partial charge in [-0.1, -0.05) is 6.92 Å². The van der Waals surface area contributed by atoms with E-state index in [0.717, 1.165) is 10.9 Å². The molecular formula is C14H13BrN2O3. The van der Waals surface area contributed by atoms with Crippen LogP contribution in [0.25, 0.3) is 5.65 Å². The van der Waals surface area contributed by atoms with Gasteiger partial charge < -0.3 is 4.74 Å². The maximum atomic E-state index is 12.0. The van der Waals surface area contributed by atoms with Gasteiger partial charge in [0.05, 0.1) is 11.6 Å². The van der Waals surface area contributed by atoms with Crippen LogP contribution in [0.4, 0.5) is 0 Å². The number of carbonyl (C=O) groups is 1. The number of esters is 1. The number of hydrogen-bond donors (Lipinski definition) is 0. The number of nitrogens with zero attached hydrogens (tertiary/aromatic N) is 2. The first-order valence-corrected chi connectivity index (χ1v) is 7.18. The second-order valence-electron chi connectivity index (χ2n) is 5.09. The van der Waals surface area contributed by atoms with Crippen LogP contribution in [0.1, 0.15) is 19.0 Å². The number of halogens is 1. The summed E-state index contributed by atoms with van der Waals surface area (Å²) in [4.78, 5) is 27.9. The van der Waals surface area contributed by atoms with Crippen molar-refractivity contribution < 1.29 is 9.53 Å². The van der Waals surface area contributed by atoms with Crippen LogP contribution in [0, 0.1) is 11.8 Å². The summed E-state index contributed by atoms with van der Waals surface area (Å²) in [6.45, 7) is 2.06. The minimum atomic E-state index is -0.199. The number of fused-ring (bicyclic) bond motifs is 1. The van der Waals surface area contributed by atoms with Gasteiger partial charge in [-0.15, -0.1) is 0 Å². The van der Waals surface area contributed by atoms with E-state index in [-0.39, 0.29) is 24.1 Å². The van der Waals surface area contributed by atoms with Crippen molar-refractivity contribution in [2.75, 3.05) is 0 Å². The number of pyridine rings is 1. The third-order valence-electron chi connectivity index (χ3n) is 3.45. The molecule has 1 fully saturated rings. The number of aromatic nitrogens is 2. The molecule has 2 aromatic rings. The van der Waals surface area contributed by atoms with Crippen molar-refractivity contribution in [3.05, 3.63) is 44.9 Å². The molecule has 0 bridgehead atoms. The summed E-state index contributed by atoms with van der Waals surface area (Å²) in [6.07, 6.45) is 2.55. The zero-order valence-electron chi connectivity index (χ0n) is 10.9. The fraction of sp³-hybridized carbons (Fsp3) is 0.357. The summed E-state index contributed by atoms with van der Waals surface area (Å²) < 4.78 is 7.44. The topological polar surface area (TPSA) is 60.7 Å². The van der Waals surface area contributed by atoms with Crippen molar-refractivity contribution in [3.63, 3.8) is 0 Å². The van der Waals surface area contributed by atoms with Crippen LogP contribution in [0.5, 0.6) is 0 Å². The molecule has 0 saturated heterocycles. The molecule has 20 heavy (non-hydrogen) atoms. The minimum Gasteiger partial charge on any atom is -0.459 e. The summed E-state index contributed by atoms with van der Waals surface area (Å²) in [5.74, 6) is 0.234. The summed E-state index contributed by atoms with van der Waals surface area (Å²) in [5, 5.41) is 0. The van der Waals surface area contributed by atoms with Gasteiger partial charge in [0.1, 0.15) is 12.3 Å². The van der Waals surface area contributed by atoms with E-state index in [1.165, 1.54) is 10.5 Å². The molecule has 104 valence electrons. The van der Waals surface area contributed by atoms with Crippen LogP contribution in [-0.4, -0.2) is 15.4 Å². The average Bonchev–Trinajstić information content (AvgIpc) is 3.14. The predicted octanol–water partition coefficient (Wildman–Crippen LogP) is 2.16. The Morgan fingerprint density at radius 2 is 2.30 bits per heavy atom. The lowest BCUT2D eigenvalue weighted by Crippen LogP contribution is -2.17. The van der Waals surface area contributed by atoms with Gasteiger partial charge in [0.25, 0.3) is 5.56 Å². The average molecular weight is 337 g/mol. The highest BCUT2D eigenvalue weighted by Gasteiger charge is 2.40. The van der Waals surface area contributed by atoms with E-state index in [2.05, 4.69) is 20.9 Å². The van der Waals surface area contributed by atoms with E-state index in [1.54, 1.807) is 12.3 Å². The summed E-state index contributed by atoms with van der Waals surface area (Å²) in [7, 11) is 0. The van der Waals surface area contributed by atoms with Crippen molar-refractivity contribution in [2.24, 2.45) is 11.8 Å². The summed E-state index contributed by atoms with van der Waals surface area (Å²) in [6, 6.07) is 4.94. The first-order chi connectivity index (χ1) is 9.54. The summed E-state index contributed by atoms with van der Waals surface area (Å²) >= 11 is 3.31. The third kappa shape index (κ3) is 2.60. The molecule has 0 aromatic carbocycles. The molecule has 1 aliphatic rings. The lowest BCUT2D eigenvalue weighted by molar-refractivity contribution is -0.147. The Kier molecular flexibility index (Phi) is 3.33. The van der Waals surface area contributed by atoms with Crippen molar-refractivity contribution in [1.29, 1.82) is 0 Å². The lowest BCUT2D eigenvalue weighted by Gasteiger charge is -2.06. The Balaban J connectivity index is 1.80. The molecule has 2 atom stereocenters. The van der Waals surface area contributed by atoms with Gasteiger partial charge in [0.2, 0.25) is 0 Å². The molecule has 1 aliphatic carbocycles. The van der Waals surface area contributed by atoms with E-state index >= 15 is 0 Å². The minimum absolute atomic E-state index is 0.0208. The first kappa shape index (κ1) is 13.3. The Labute approximate surface area is 123 Å². The van der Waals surface area contributed by atoms with Gasteiger partial charge in [-0.05, 0) is 40.4 Å². The van der Waals surface area contributed by atoms with Crippen LogP contribution in [-0.2, 0) is 16.1 Å². The van der Waals surface area contributed by atoms with Crippen molar-refractivity contribution in [2.45, 2.75) is 20.0 Å². The third-order valence-corrected chi connectivity index (χ3v) is 3.92. The Morgan fingerprint density at radius 1 is 1.55 bits per heavy atom. The monoisotopic (exact) mass is 336 g/mol. The van der Waals surface area contributed by atoms with E-state index < -0.39 is 0 Å². The van der Waals surface area contributed by atoms with E-state index in [9.17, 15) is 9.59 Å². The highest BCUT2D eigenvalue weighted by molar-refractivity contribution is 9.10. The second kappa shape index (κ2) is 5.01. The zero-order chi connectivity index (χ0) is 14.3. The predicted molar refractivity (Wildman–Crippen MR) is 76.2 cm³/mol. The quantitative estimate of drug-likeness (QED) is 0.806. The van der Waals surface area contributed by atoms with Gasteiger partial charge in [0.15, 0.2) is 0 Å². The Hall–Kier alpha value is -1.69. The largest absolute Gasteiger partial charge is 0.459 e. The molecule has 0 amide bonds. The Bertz CT molecular complexity index is 741. The molecule has 3 rings (SSSR count). The molecule has 0 radical (unpaired) electrons. The highest BCUT2D eigenvalue weighted by Crippen LogP contribution is 2.38. The number of ether oxygens (including phenoxy) is 1. The molecule has 0 spiro atoms. The normalized spacial score (nSPS) is 20.9. The van der Waals surface area contributed by atoms with Gasteiger partial charge in [-0.2, -0.15) is 0 Å². The van der Waals surface area contributed by atoms with Crippen LogP contribution in [0.15, 0.2) is 33.7 Å². The lowest BCUT2D eigenvalue weighted by atomic mass is 10.3. The van der Waals surface area contributed by atoms with Gasteiger partial charge in [0, 0.05) is 16.7 Å². The summed E-state index contributed by atoms with van der Waals surface area (Å²) in [5.41, 5.74) is 0.813. The Morgan fingerprint density at radius 3 is 3.00 bits per heavy atom. The van der Waals surface area contributed by atoms with Crippen LogP contribution in [0.3, 0.4) is 0 Å². The van der Waals surface area contributed by atoms with Crippen LogP contribution in [0.2, 0.25) is 0 Å². The first-order valence-electron chi connectivity index (χ1n) is 6.39. The molecule has 0 N–H and O–H groups in total. The van der Waals surface area contributed by atoms with E-state index in [1.807, 2.05) is 13.0 Å². The van der Waals surface area contributed by atoms with Crippen LogP contribution < -0.4 is 5.56 Å².